The van der Waals surface area contributed by atoms with Gasteiger partial charge in [0.25, 0.3) is 11.8 Å². The molecule has 1 unspecified atom stereocenters. The monoisotopic (exact) mass is 490 g/mol. The van der Waals surface area contributed by atoms with Gasteiger partial charge in [-0.25, -0.2) is 4.39 Å². The molecule has 0 bridgehead atoms. The van der Waals surface area contributed by atoms with Gasteiger partial charge >= 0.3 is 0 Å². The van der Waals surface area contributed by atoms with E-state index in [2.05, 4.69) is 10.2 Å². The van der Waals surface area contributed by atoms with Crippen LogP contribution in [0.4, 0.5) is 4.39 Å². The number of nitrogens with one attached hydrogen (secondary N) is 1. The van der Waals surface area contributed by atoms with Gasteiger partial charge in [-0.2, -0.15) is 0 Å². The maximum atomic E-state index is 13.5. The zero-order chi connectivity index (χ0) is 25.2. The van der Waals surface area contributed by atoms with Crippen molar-refractivity contribution >= 4 is 11.8 Å². The van der Waals surface area contributed by atoms with E-state index in [1.807, 2.05) is 37.4 Å². The lowest BCUT2D eigenvalue weighted by Gasteiger charge is -2.45. The average Bonchev–Trinajstić information content (AvgIpc) is 2.89. The number of amides is 2. The maximum Gasteiger partial charge on any atom is 0.275 e. The summed E-state index contributed by atoms with van der Waals surface area (Å²) in [5.41, 5.74) is 0.950. The number of rotatable bonds is 6. The number of carbonyl (C=O) groups is 2. The van der Waals surface area contributed by atoms with Crippen LogP contribution in [0.1, 0.15) is 38.4 Å². The number of benzene rings is 2. The van der Waals surface area contributed by atoms with Crippen molar-refractivity contribution in [1.82, 2.24) is 19.7 Å². The van der Waals surface area contributed by atoms with Crippen molar-refractivity contribution in [1.29, 1.82) is 0 Å². The van der Waals surface area contributed by atoms with Crippen LogP contribution in [-0.2, 0) is 19.7 Å². The van der Waals surface area contributed by atoms with Gasteiger partial charge in [0, 0.05) is 25.8 Å². The predicted octanol–water partition coefficient (Wildman–Crippen LogP) is 2.61. The largest absolute Gasteiger partial charge is 0.483 e. The summed E-state index contributed by atoms with van der Waals surface area (Å²) < 4.78 is 20.8. The van der Waals surface area contributed by atoms with E-state index in [0.717, 1.165) is 18.5 Å². The fourth-order valence-corrected chi connectivity index (χ4v) is 4.72. The molecule has 8 nitrogen and oxygen atoms in total. The summed E-state index contributed by atoms with van der Waals surface area (Å²) in [5, 5.41) is 2.72. The van der Waals surface area contributed by atoms with Gasteiger partial charge in [0.2, 0.25) is 5.43 Å². The molecule has 5 rings (SSSR count). The highest BCUT2D eigenvalue weighted by molar-refractivity contribution is 5.99. The Morgan fingerprint density at radius 1 is 1.06 bits per heavy atom. The molecule has 3 heterocycles. The van der Waals surface area contributed by atoms with Crippen LogP contribution >= 0.6 is 0 Å². The second-order valence-corrected chi connectivity index (χ2v) is 9.10. The van der Waals surface area contributed by atoms with Crippen LogP contribution in [0.3, 0.4) is 0 Å². The van der Waals surface area contributed by atoms with Gasteiger partial charge in [-0.15, -0.1) is 0 Å². The highest BCUT2D eigenvalue weighted by Gasteiger charge is 2.40. The Kier molecular flexibility index (Phi) is 6.56. The molecule has 0 saturated carbocycles. The molecule has 2 aromatic carbocycles. The first-order valence-corrected chi connectivity index (χ1v) is 11.9. The number of aromatic nitrogens is 1. The van der Waals surface area contributed by atoms with Gasteiger partial charge in [-0.05, 0) is 36.7 Å². The van der Waals surface area contributed by atoms with Gasteiger partial charge in [-0.1, -0.05) is 42.5 Å². The molecule has 186 valence electrons. The lowest BCUT2D eigenvalue weighted by atomic mass is 10.1. The summed E-state index contributed by atoms with van der Waals surface area (Å²) in [7, 11) is 1.96. The average molecular weight is 491 g/mol. The number of likely N-dealkylation sites (N-methyl/N-ethyl adjacent to an activating group) is 1. The van der Waals surface area contributed by atoms with E-state index in [9.17, 15) is 18.8 Å². The Morgan fingerprint density at radius 3 is 2.56 bits per heavy atom. The first-order chi connectivity index (χ1) is 17.4. The highest BCUT2D eigenvalue weighted by atomic mass is 19.1. The number of pyridine rings is 1. The van der Waals surface area contributed by atoms with Gasteiger partial charge in [0.1, 0.15) is 24.2 Å². The Bertz CT molecular complexity index is 1340. The van der Waals surface area contributed by atoms with Crippen molar-refractivity contribution in [3.63, 3.8) is 0 Å². The van der Waals surface area contributed by atoms with Crippen molar-refractivity contribution in [3.8, 4) is 5.75 Å². The smallest absolute Gasteiger partial charge is 0.275 e. The summed E-state index contributed by atoms with van der Waals surface area (Å²) >= 11 is 0. The molecule has 1 aromatic heterocycles. The van der Waals surface area contributed by atoms with Crippen LogP contribution in [0.2, 0.25) is 0 Å². The zero-order valence-electron chi connectivity index (χ0n) is 19.9. The summed E-state index contributed by atoms with van der Waals surface area (Å²) in [6, 6.07) is 15.1. The molecule has 1 N–H and O–H groups in total. The molecule has 2 aliphatic rings. The van der Waals surface area contributed by atoms with E-state index in [1.165, 1.54) is 18.3 Å². The number of halogens is 1. The Balaban J connectivity index is 1.50. The standard InChI is InChI=1S/C27H27FN4O4/c1-30-12-5-13-32-22(30)16-31-15-21(26(34)29-14-18-8-10-20(28)11-9-18)24(33)25(23(31)27(32)35)36-17-19-6-3-2-4-7-19/h2-4,6-11,15,22H,5,12-14,16-17H2,1H3,(H,29,34). The second-order valence-electron chi connectivity index (χ2n) is 9.10. The number of hydrogen-bond acceptors (Lipinski definition) is 5. The molecule has 2 aliphatic heterocycles. The fourth-order valence-electron chi connectivity index (χ4n) is 4.72. The van der Waals surface area contributed by atoms with Crippen LogP contribution in [0.15, 0.2) is 65.6 Å². The first kappa shape index (κ1) is 23.7. The molecule has 9 heteroatoms. The van der Waals surface area contributed by atoms with E-state index in [0.29, 0.717) is 18.7 Å². The maximum absolute atomic E-state index is 13.5. The quantitative estimate of drug-likeness (QED) is 0.575. The van der Waals surface area contributed by atoms with Crippen LogP contribution in [0.25, 0.3) is 0 Å². The third-order valence-corrected chi connectivity index (χ3v) is 6.68. The molecule has 1 fully saturated rings. The van der Waals surface area contributed by atoms with Gasteiger partial charge < -0.3 is 19.5 Å². The number of fused-ring (bicyclic) bond motifs is 2. The molecule has 0 radical (unpaired) electrons. The van der Waals surface area contributed by atoms with Gasteiger partial charge in [0.15, 0.2) is 11.4 Å². The number of hydrogen-bond donors (Lipinski definition) is 1. The normalized spacial score (nSPS) is 17.3. The number of carbonyl (C=O) groups excluding carboxylic acids is 2. The summed E-state index contributed by atoms with van der Waals surface area (Å²) in [6.07, 6.45) is 2.12. The topological polar surface area (TPSA) is 83.9 Å². The van der Waals surface area contributed by atoms with E-state index < -0.39 is 11.3 Å². The molecule has 0 aliphatic carbocycles. The van der Waals surface area contributed by atoms with Crippen LogP contribution in [0.5, 0.6) is 5.75 Å². The molecular weight excluding hydrogens is 463 g/mol. The zero-order valence-corrected chi connectivity index (χ0v) is 19.9. The predicted molar refractivity (Wildman–Crippen MR) is 131 cm³/mol. The summed E-state index contributed by atoms with van der Waals surface area (Å²) in [6.45, 7) is 2.07. The third kappa shape index (κ3) is 4.61. The van der Waals surface area contributed by atoms with Crippen molar-refractivity contribution in [2.75, 3.05) is 20.1 Å². The first-order valence-electron chi connectivity index (χ1n) is 11.9. The van der Waals surface area contributed by atoms with Crippen LogP contribution in [0, 0.1) is 5.82 Å². The summed E-state index contributed by atoms with van der Waals surface area (Å²) in [5.74, 6) is -1.36. The molecule has 36 heavy (non-hydrogen) atoms. The SMILES string of the molecule is CN1CCCN2C(=O)c3c(OCc4ccccc4)c(=O)c(C(=O)NCc4ccc(F)cc4)cn3CC12. The summed E-state index contributed by atoms with van der Waals surface area (Å²) in [4.78, 5) is 44.0. The Labute approximate surface area is 207 Å². The lowest BCUT2D eigenvalue weighted by molar-refractivity contribution is 0.00137. The van der Waals surface area contributed by atoms with E-state index >= 15 is 0 Å². The molecule has 2 amide bonds. The minimum absolute atomic E-state index is 0.0837. The second kappa shape index (κ2) is 9.94. The number of ether oxygens (including phenoxy) is 1. The molecular formula is C27H27FN4O4. The van der Waals surface area contributed by atoms with Crippen molar-refractivity contribution < 1.29 is 18.7 Å². The van der Waals surface area contributed by atoms with Crippen molar-refractivity contribution in [3.05, 3.63) is 99.2 Å². The van der Waals surface area contributed by atoms with E-state index in [4.69, 9.17) is 4.74 Å². The molecule has 3 aromatic rings. The third-order valence-electron chi connectivity index (χ3n) is 6.68. The molecule has 1 atom stereocenters. The highest BCUT2D eigenvalue weighted by Crippen LogP contribution is 2.28. The van der Waals surface area contributed by atoms with Gasteiger partial charge in [0.05, 0.1) is 6.54 Å². The fraction of sp³-hybridized carbons (Fsp3) is 0.296. The van der Waals surface area contributed by atoms with Gasteiger partial charge in [-0.3, -0.25) is 19.3 Å². The van der Waals surface area contributed by atoms with Crippen molar-refractivity contribution in [2.24, 2.45) is 0 Å². The minimum atomic E-state index is -0.633. The Morgan fingerprint density at radius 2 is 1.81 bits per heavy atom. The minimum Gasteiger partial charge on any atom is -0.483 e. The van der Waals surface area contributed by atoms with E-state index in [-0.39, 0.29) is 48.0 Å². The van der Waals surface area contributed by atoms with Crippen LogP contribution in [-0.4, -0.2) is 52.5 Å². The molecule has 1 saturated heterocycles. The van der Waals surface area contributed by atoms with Crippen molar-refractivity contribution in [2.45, 2.75) is 32.3 Å². The van der Waals surface area contributed by atoms with Crippen LogP contribution < -0.4 is 15.5 Å². The number of nitrogens with zero attached hydrogens (tertiary/aromatic N) is 3. The lowest BCUT2D eigenvalue weighted by Crippen LogP contribution is -2.59. The molecule has 0 spiro atoms. The van der Waals surface area contributed by atoms with E-state index in [1.54, 1.807) is 21.6 Å². The Hall–Kier alpha value is -3.98.